The number of hydrogen-bond donors (Lipinski definition) is 0. The van der Waals surface area contributed by atoms with Gasteiger partial charge in [0.25, 0.3) is 0 Å². The highest BCUT2D eigenvalue weighted by molar-refractivity contribution is 5.70. The lowest BCUT2D eigenvalue weighted by molar-refractivity contribution is -0.163. The van der Waals surface area contributed by atoms with E-state index in [1.54, 1.807) is 0 Å². The molecule has 5 nitrogen and oxygen atoms in total. The van der Waals surface area contributed by atoms with Gasteiger partial charge >= 0.3 is 11.9 Å². The van der Waals surface area contributed by atoms with Gasteiger partial charge < -0.3 is 14.2 Å². The zero-order chi connectivity index (χ0) is 28.9. The van der Waals surface area contributed by atoms with E-state index in [4.69, 9.17) is 14.2 Å². The molecule has 0 bridgehead atoms. The van der Waals surface area contributed by atoms with Crippen LogP contribution >= 0.6 is 0 Å². The molecule has 0 aliphatic carbocycles. The summed E-state index contributed by atoms with van der Waals surface area (Å²) in [6, 6.07) is 9.89. The van der Waals surface area contributed by atoms with Crippen LogP contribution in [0.5, 0.6) is 0 Å². The van der Waals surface area contributed by atoms with Gasteiger partial charge in [-0.15, -0.1) is 0 Å². The van der Waals surface area contributed by atoms with Crippen molar-refractivity contribution in [2.24, 2.45) is 0 Å². The second kappa shape index (κ2) is 27.3. The first-order valence-electron chi connectivity index (χ1n) is 16.6. The molecule has 1 aromatic rings. The number of ether oxygens (including phenoxy) is 3. The maximum Gasteiger partial charge on any atom is 0.306 e. The van der Waals surface area contributed by atoms with Crippen molar-refractivity contribution >= 4 is 11.9 Å². The second-order valence-electron chi connectivity index (χ2n) is 11.3. The molecular weight excluding hydrogens is 500 g/mol. The number of esters is 2. The second-order valence-corrected chi connectivity index (χ2v) is 11.3. The minimum Gasteiger partial charge on any atom is -0.462 e. The first-order valence-corrected chi connectivity index (χ1v) is 16.6. The molecular formula is C35H60O5. The maximum atomic E-state index is 12.5. The van der Waals surface area contributed by atoms with E-state index < -0.39 is 6.10 Å². The van der Waals surface area contributed by atoms with Crippen LogP contribution < -0.4 is 0 Å². The van der Waals surface area contributed by atoms with E-state index in [1.165, 1.54) is 89.9 Å². The summed E-state index contributed by atoms with van der Waals surface area (Å²) in [6.45, 7) is 5.15. The molecule has 0 N–H and O–H groups in total. The van der Waals surface area contributed by atoms with Crippen molar-refractivity contribution in [2.45, 2.75) is 161 Å². The number of hydrogen-bond acceptors (Lipinski definition) is 5. The van der Waals surface area contributed by atoms with Gasteiger partial charge in [0, 0.05) is 12.8 Å². The van der Waals surface area contributed by atoms with E-state index in [0.29, 0.717) is 19.4 Å². The van der Waals surface area contributed by atoms with Crippen LogP contribution in [0.25, 0.3) is 0 Å². The van der Waals surface area contributed by atoms with Gasteiger partial charge in [0.05, 0.1) is 13.2 Å². The SMILES string of the molecule is CCCCCCCCCCCCCCCC(=O)OC(COCc1ccccc1)COC(=O)CCCCCCCC. The van der Waals surface area contributed by atoms with Crippen LogP contribution in [0.4, 0.5) is 0 Å². The Hall–Kier alpha value is -1.88. The molecule has 1 rings (SSSR count). The summed E-state index contributed by atoms with van der Waals surface area (Å²) in [7, 11) is 0. The van der Waals surface area contributed by atoms with Crippen LogP contribution in [-0.2, 0) is 30.4 Å². The number of carbonyl (C=O) groups excluding carboxylic acids is 2. The lowest BCUT2D eigenvalue weighted by Gasteiger charge is -2.18. The van der Waals surface area contributed by atoms with Gasteiger partial charge in [-0.1, -0.05) is 153 Å². The van der Waals surface area contributed by atoms with Crippen LogP contribution in [-0.4, -0.2) is 31.3 Å². The Morgan fingerprint density at radius 2 is 1.02 bits per heavy atom. The van der Waals surface area contributed by atoms with E-state index in [1.807, 2.05) is 30.3 Å². The smallest absolute Gasteiger partial charge is 0.306 e. The van der Waals surface area contributed by atoms with Crippen molar-refractivity contribution in [3.63, 3.8) is 0 Å². The Kier molecular flexibility index (Phi) is 24.7. The van der Waals surface area contributed by atoms with Crippen LogP contribution in [0.15, 0.2) is 30.3 Å². The summed E-state index contributed by atoms with van der Waals surface area (Å²) in [4.78, 5) is 24.7. The predicted molar refractivity (Wildman–Crippen MR) is 165 cm³/mol. The normalized spacial score (nSPS) is 11.8. The summed E-state index contributed by atoms with van der Waals surface area (Å²) >= 11 is 0. The molecule has 0 radical (unpaired) electrons. The van der Waals surface area contributed by atoms with Crippen molar-refractivity contribution in [1.29, 1.82) is 0 Å². The number of unbranched alkanes of at least 4 members (excludes halogenated alkanes) is 17. The Morgan fingerprint density at radius 3 is 1.52 bits per heavy atom. The third-order valence-electron chi connectivity index (χ3n) is 7.36. The van der Waals surface area contributed by atoms with E-state index >= 15 is 0 Å². The molecule has 0 aliphatic rings. The molecule has 5 heteroatoms. The fraction of sp³-hybridized carbons (Fsp3) is 0.771. The standard InChI is InChI=1S/C35H60O5/c1-3-5-7-9-11-12-13-14-15-16-17-19-24-28-35(37)40-33(30-38-29-32-25-21-20-22-26-32)31-39-34(36)27-23-18-10-8-6-4-2/h20-22,25-26,33H,3-19,23-24,27-31H2,1-2H3. The monoisotopic (exact) mass is 560 g/mol. The molecule has 0 saturated heterocycles. The van der Waals surface area contributed by atoms with Crippen LogP contribution in [0.2, 0.25) is 0 Å². The van der Waals surface area contributed by atoms with Crippen molar-refractivity contribution in [2.75, 3.05) is 13.2 Å². The molecule has 0 fully saturated rings. The summed E-state index contributed by atoms with van der Waals surface area (Å²) in [5.74, 6) is -0.459. The quantitative estimate of drug-likeness (QED) is 0.0754. The van der Waals surface area contributed by atoms with Crippen LogP contribution in [0, 0.1) is 0 Å². The van der Waals surface area contributed by atoms with Gasteiger partial charge in [-0.3, -0.25) is 9.59 Å². The third-order valence-corrected chi connectivity index (χ3v) is 7.36. The molecule has 40 heavy (non-hydrogen) atoms. The lowest BCUT2D eigenvalue weighted by Crippen LogP contribution is -2.29. The highest BCUT2D eigenvalue weighted by Crippen LogP contribution is 2.14. The topological polar surface area (TPSA) is 61.8 Å². The maximum absolute atomic E-state index is 12.5. The number of rotatable bonds is 28. The Morgan fingerprint density at radius 1 is 0.575 bits per heavy atom. The first kappa shape index (κ1) is 36.1. The lowest BCUT2D eigenvalue weighted by atomic mass is 10.0. The Bertz CT molecular complexity index is 705. The molecule has 0 amide bonds. The van der Waals surface area contributed by atoms with Gasteiger partial charge in [-0.2, -0.15) is 0 Å². The zero-order valence-corrected chi connectivity index (χ0v) is 26.0. The average molecular weight is 561 g/mol. The number of benzene rings is 1. The minimum atomic E-state index is -0.577. The van der Waals surface area contributed by atoms with Crippen molar-refractivity contribution in [3.8, 4) is 0 Å². The highest BCUT2D eigenvalue weighted by atomic mass is 16.6. The fourth-order valence-corrected chi connectivity index (χ4v) is 4.84. The van der Waals surface area contributed by atoms with Crippen molar-refractivity contribution in [3.05, 3.63) is 35.9 Å². The number of carbonyl (C=O) groups is 2. The fourth-order valence-electron chi connectivity index (χ4n) is 4.84. The third kappa shape index (κ3) is 22.9. The molecule has 230 valence electrons. The van der Waals surface area contributed by atoms with Gasteiger partial charge in [0.2, 0.25) is 0 Å². The molecule has 0 heterocycles. The van der Waals surface area contributed by atoms with Crippen LogP contribution in [0.3, 0.4) is 0 Å². The zero-order valence-electron chi connectivity index (χ0n) is 26.0. The molecule has 0 aliphatic heterocycles. The molecule has 0 saturated carbocycles. The van der Waals surface area contributed by atoms with Gasteiger partial charge in [0.15, 0.2) is 6.10 Å². The predicted octanol–water partition coefficient (Wildman–Crippen LogP) is 9.89. The summed E-state index contributed by atoms with van der Waals surface area (Å²) in [6.07, 6.45) is 23.5. The summed E-state index contributed by atoms with van der Waals surface area (Å²) in [5, 5.41) is 0. The molecule has 0 aromatic heterocycles. The van der Waals surface area contributed by atoms with E-state index in [0.717, 1.165) is 37.7 Å². The summed E-state index contributed by atoms with van der Waals surface area (Å²) < 4.78 is 16.9. The first-order chi connectivity index (χ1) is 19.7. The van der Waals surface area contributed by atoms with Crippen molar-refractivity contribution < 1.29 is 23.8 Å². The van der Waals surface area contributed by atoms with E-state index in [-0.39, 0.29) is 25.2 Å². The largest absolute Gasteiger partial charge is 0.462 e. The Labute approximate surface area is 246 Å². The molecule has 1 aromatic carbocycles. The molecule has 1 unspecified atom stereocenters. The molecule has 1 atom stereocenters. The molecule has 0 spiro atoms. The van der Waals surface area contributed by atoms with Gasteiger partial charge in [0.1, 0.15) is 6.61 Å². The average Bonchev–Trinajstić information content (AvgIpc) is 2.96. The highest BCUT2D eigenvalue weighted by Gasteiger charge is 2.17. The van der Waals surface area contributed by atoms with Gasteiger partial charge in [-0.25, -0.2) is 0 Å². The van der Waals surface area contributed by atoms with Gasteiger partial charge in [-0.05, 0) is 18.4 Å². The van der Waals surface area contributed by atoms with Crippen LogP contribution in [0.1, 0.15) is 154 Å². The summed E-state index contributed by atoms with van der Waals surface area (Å²) in [5.41, 5.74) is 1.06. The Balaban J connectivity index is 2.22. The van der Waals surface area contributed by atoms with Crippen molar-refractivity contribution in [1.82, 2.24) is 0 Å². The minimum absolute atomic E-state index is 0.0494. The van der Waals surface area contributed by atoms with E-state index in [9.17, 15) is 9.59 Å². The van der Waals surface area contributed by atoms with E-state index in [2.05, 4.69) is 13.8 Å².